The highest BCUT2D eigenvalue weighted by molar-refractivity contribution is 8.82. The largest absolute Gasteiger partial charge is 0.445 e. The van der Waals surface area contributed by atoms with Crippen LogP contribution in [0.15, 0.2) is 59.5 Å². The zero-order valence-corrected chi connectivity index (χ0v) is 26.4. The molecule has 0 atom stereocenters. The van der Waals surface area contributed by atoms with E-state index < -0.39 is 17.3 Å². The molecule has 0 fully saturated rings. The molecule has 0 radical (unpaired) electrons. The van der Waals surface area contributed by atoms with Crippen molar-refractivity contribution in [3.05, 3.63) is 88.2 Å². The maximum Gasteiger partial charge on any atom is 0.410 e. The number of aromatic nitrogens is 1. The van der Waals surface area contributed by atoms with Gasteiger partial charge in [-0.3, -0.25) is 9.59 Å². The Kier molecular flexibility index (Phi) is 8.89. The van der Waals surface area contributed by atoms with Crippen LogP contribution in [0.2, 0.25) is 0 Å². The summed E-state index contributed by atoms with van der Waals surface area (Å²) in [6.07, 6.45) is 0.196. The number of nitrogens with one attached hydrogen (secondary N) is 2. The van der Waals surface area contributed by atoms with E-state index in [1.807, 2.05) is 70.2 Å². The molecular weight excluding hydrogens is 586 g/mol. The first-order chi connectivity index (χ1) is 20.4. The monoisotopic (exact) mass is 619 g/mol. The first-order valence-corrected chi connectivity index (χ1v) is 16.1. The number of H-pyrrole nitrogens is 1. The molecule has 0 spiro atoms. The first-order valence-electron chi connectivity index (χ1n) is 14.0. The molecule has 0 bridgehead atoms. The standard InChI is InChI=1S/C33H34FN3O4S2/c1-19-14-21(8-11-27(19)42-43-31(39)33(2,3)4)18-41-32(40)37(5)17-20-6-9-22(10-7-20)29-24-12-13-35-30(38)25-15-23(34)16-26(36-29)28(24)25/h6-11,14-16,36H,12-13,17-18H2,1-5H3,(H,35,38). The molecule has 1 aromatic heterocycles. The SMILES string of the molecule is Cc1cc(COC(=O)N(C)Cc2ccc(-c3[nH]c4cc(F)cc5c4c3CCNC5=O)cc2)ccc1SSC(=O)C(C)(C)C. The van der Waals surface area contributed by atoms with E-state index in [4.69, 9.17) is 4.74 Å². The molecule has 0 saturated heterocycles. The molecule has 7 nitrogen and oxygen atoms in total. The van der Waals surface area contributed by atoms with Crippen molar-refractivity contribution in [1.29, 1.82) is 0 Å². The van der Waals surface area contributed by atoms with Crippen molar-refractivity contribution >= 4 is 49.6 Å². The van der Waals surface area contributed by atoms with Crippen molar-refractivity contribution in [3.8, 4) is 11.3 Å². The number of aromatic amines is 1. The van der Waals surface area contributed by atoms with Gasteiger partial charge in [0.1, 0.15) is 12.4 Å². The number of carbonyl (C=O) groups excluding carboxylic acids is 3. The summed E-state index contributed by atoms with van der Waals surface area (Å²) < 4.78 is 19.8. The van der Waals surface area contributed by atoms with Crippen LogP contribution in [0.1, 0.15) is 53.4 Å². The molecule has 3 aromatic carbocycles. The van der Waals surface area contributed by atoms with Gasteiger partial charge in [-0.15, -0.1) is 0 Å². The fourth-order valence-electron chi connectivity index (χ4n) is 4.91. The normalized spacial score (nSPS) is 13.0. The summed E-state index contributed by atoms with van der Waals surface area (Å²) in [6, 6.07) is 16.3. The number of halogens is 1. The van der Waals surface area contributed by atoms with E-state index >= 15 is 0 Å². The minimum Gasteiger partial charge on any atom is -0.445 e. The molecule has 5 rings (SSSR count). The van der Waals surface area contributed by atoms with Crippen molar-refractivity contribution in [3.63, 3.8) is 0 Å². The van der Waals surface area contributed by atoms with Gasteiger partial charge in [-0.05, 0) is 80.9 Å². The molecule has 4 aromatic rings. The van der Waals surface area contributed by atoms with Crippen molar-refractivity contribution < 1.29 is 23.5 Å². The van der Waals surface area contributed by atoms with Gasteiger partial charge >= 0.3 is 6.09 Å². The fraction of sp³-hybridized carbons (Fsp3) is 0.303. The molecule has 224 valence electrons. The van der Waals surface area contributed by atoms with E-state index in [0.717, 1.165) is 43.8 Å². The Morgan fingerprint density at radius 3 is 2.47 bits per heavy atom. The molecule has 2 heterocycles. The van der Waals surface area contributed by atoms with Gasteiger partial charge in [-0.2, -0.15) is 0 Å². The van der Waals surface area contributed by atoms with Crippen molar-refractivity contribution in [2.75, 3.05) is 13.6 Å². The molecular formula is C33H34FN3O4S2. The third kappa shape index (κ3) is 6.91. The van der Waals surface area contributed by atoms with Gasteiger partial charge in [-0.1, -0.05) is 57.2 Å². The lowest BCUT2D eigenvalue weighted by molar-refractivity contribution is -0.117. The predicted molar refractivity (Wildman–Crippen MR) is 170 cm³/mol. The van der Waals surface area contributed by atoms with Crippen LogP contribution in [0.4, 0.5) is 9.18 Å². The van der Waals surface area contributed by atoms with E-state index in [2.05, 4.69) is 10.3 Å². The third-order valence-electron chi connectivity index (χ3n) is 7.27. The average molecular weight is 620 g/mol. The molecule has 0 unspecified atom stereocenters. The van der Waals surface area contributed by atoms with Crippen LogP contribution in [-0.4, -0.2) is 40.6 Å². The molecule has 0 saturated carbocycles. The summed E-state index contributed by atoms with van der Waals surface area (Å²) in [4.78, 5) is 43.3. The molecule has 10 heteroatoms. The van der Waals surface area contributed by atoms with Gasteiger partial charge < -0.3 is 19.9 Å². The number of amides is 2. The molecule has 43 heavy (non-hydrogen) atoms. The number of ether oxygens (including phenoxy) is 1. The number of rotatable bonds is 7. The number of benzene rings is 3. The van der Waals surface area contributed by atoms with Crippen LogP contribution in [-0.2, 0) is 29.1 Å². The van der Waals surface area contributed by atoms with E-state index in [9.17, 15) is 18.8 Å². The Hall–Kier alpha value is -3.76. The maximum absolute atomic E-state index is 14.2. The summed E-state index contributed by atoms with van der Waals surface area (Å²) in [5.41, 5.74) is 6.12. The summed E-state index contributed by atoms with van der Waals surface area (Å²) in [6.45, 7) is 8.67. The first kappa shape index (κ1) is 30.7. The molecule has 0 aliphatic carbocycles. The van der Waals surface area contributed by atoms with Crippen LogP contribution in [0.25, 0.3) is 22.2 Å². The molecule has 1 aliphatic rings. The van der Waals surface area contributed by atoms with E-state index in [1.54, 1.807) is 7.05 Å². The Morgan fingerprint density at radius 1 is 1.05 bits per heavy atom. The smallest absolute Gasteiger partial charge is 0.410 e. The van der Waals surface area contributed by atoms with Crippen LogP contribution >= 0.6 is 21.6 Å². The van der Waals surface area contributed by atoms with Crippen molar-refractivity contribution in [2.45, 2.75) is 52.2 Å². The molecule has 2 amide bonds. The number of aryl methyl sites for hydroxylation is 1. The third-order valence-corrected chi connectivity index (χ3v) is 9.99. The maximum atomic E-state index is 14.2. The number of carbonyl (C=O) groups is 3. The zero-order valence-electron chi connectivity index (χ0n) is 24.8. The van der Waals surface area contributed by atoms with Crippen LogP contribution in [0, 0.1) is 18.2 Å². The quantitative estimate of drug-likeness (QED) is 0.207. The molecule has 1 aliphatic heterocycles. The number of nitrogens with zero attached hydrogens (tertiary/aromatic N) is 1. The second kappa shape index (κ2) is 12.5. The number of hydrogen-bond donors (Lipinski definition) is 2. The van der Waals surface area contributed by atoms with E-state index in [1.165, 1.54) is 38.6 Å². The number of hydrogen-bond acceptors (Lipinski definition) is 6. The van der Waals surface area contributed by atoms with Crippen LogP contribution in [0.3, 0.4) is 0 Å². The highest BCUT2D eigenvalue weighted by atomic mass is 33.1. The predicted octanol–water partition coefficient (Wildman–Crippen LogP) is 7.65. The van der Waals surface area contributed by atoms with Crippen LogP contribution in [0.5, 0.6) is 0 Å². The summed E-state index contributed by atoms with van der Waals surface area (Å²) in [5.74, 6) is -0.729. The Morgan fingerprint density at radius 2 is 1.77 bits per heavy atom. The highest BCUT2D eigenvalue weighted by Crippen LogP contribution is 2.39. The minimum atomic E-state index is -0.460. The summed E-state index contributed by atoms with van der Waals surface area (Å²) in [7, 11) is 4.38. The second-order valence-electron chi connectivity index (χ2n) is 11.8. The second-order valence-corrected chi connectivity index (χ2v) is 13.9. The minimum absolute atomic E-state index is 0.121. The van der Waals surface area contributed by atoms with Gasteiger partial charge in [0.2, 0.25) is 5.12 Å². The van der Waals surface area contributed by atoms with E-state index in [-0.39, 0.29) is 17.6 Å². The average Bonchev–Trinajstić information content (AvgIpc) is 3.23. The van der Waals surface area contributed by atoms with Gasteiger partial charge in [0, 0.05) is 47.0 Å². The van der Waals surface area contributed by atoms with Crippen molar-refractivity contribution in [1.82, 2.24) is 15.2 Å². The van der Waals surface area contributed by atoms with Gasteiger partial charge in [0.25, 0.3) is 5.91 Å². The molecule has 2 N–H and O–H groups in total. The summed E-state index contributed by atoms with van der Waals surface area (Å²) in [5, 5.41) is 3.72. The van der Waals surface area contributed by atoms with Gasteiger partial charge in [0.15, 0.2) is 0 Å². The van der Waals surface area contributed by atoms with Crippen LogP contribution < -0.4 is 5.32 Å². The Balaban J connectivity index is 1.20. The lowest BCUT2D eigenvalue weighted by Gasteiger charge is -2.18. The Labute approximate surface area is 258 Å². The zero-order chi connectivity index (χ0) is 30.9. The summed E-state index contributed by atoms with van der Waals surface area (Å²) >= 11 is 0. The Bertz CT molecular complexity index is 1710. The van der Waals surface area contributed by atoms with Crippen molar-refractivity contribution in [2.24, 2.45) is 5.41 Å². The topological polar surface area (TPSA) is 91.5 Å². The lowest BCUT2D eigenvalue weighted by atomic mass is 9.99. The van der Waals surface area contributed by atoms with E-state index in [0.29, 0.717) is 30.6 Å². The fourth-order valence-corrected chi connectivity index (χ4v) is 7.45. The van der Waals surface area contributed by atoms with Gasteiger partial charge in [0.05, 0.1) is 5.56 Å². The lowest BCUT2D eigenvalue weighted by Crippen LogP contribution is -2.26. The highest BCUT2D eigenvalue weighted by Gasteiger charge is 2.24. The van der Waals surface area contributed by atoms with Gasteiger partial charge in [-0.25, -0.2) is 9.18 Å².